The molecule has 218 valence electrons. The fraction of sp³-hybridized carbons (Fsp3) is 0.412. The van der Waals surface area contributed by atoms with Gasteiger partial charge in [0, 0.05) is 74.2 Å². The van der Waals surface area contributed by atoms with Crippen LogP contribution >= 0.6 is 11.6 Å². The van der Waals surface area contributed by atoms with Gasteiger partial charge in [0.25, 0.3) is 11.8 Å². The van der Waals surface area contributed by atoms with Crippen LogP contribution in [0.15, 0.2) is 66.7 Å². The molecule has 1 fully saturated rings. The molecule has 0 spiro atoms. The molecule has 0 saturated carbocycles. The van der Waals surface area contributed by atoms with E-state index >= 15 is 0 Å². The molecule has 1 heterocycles. The summed E-state index contributed by atoms with van der Waals surface area (Å²) in [5.74, 6) is 0.0203. The van der Waals surface area contributed by atoms with Crippen LogP contribution in [0.5, 0.6) is 0 Å². The van der Waals surface area contributed by atoms with E-state index < -0.39 is 0 Å². The number of amides is 2. The van der Waals surface area contributed by atoms with E-state index in [1.54, 1.807) is 19.0 Å². The first-order valence-electron chi connectivity index (χ1n) is 14.5. The lowest BCUT2D eigenvalue weighted by Gasteiger charge is -2.42. The van der Waals surface area contributed by atoms with Crippen LogP contribution in [0.2, 0.25) is 5.02 Å². The van der Waals surface area contributed by atoms with Crippen molar-refractivity contribution in [2.24, 2.45) is 0 Å². The van der Waals surface area contributed by atoms with Gasteiger partial charge in [-0.2, -0.15) is 0 Å². The molecule has 1 aliphatic rings. The molecule has 0 radical (unpaired) electrons. The highest BCUT2D eigenvalue weighted by Gasteiger charge is 2.27. The molecule has 0 aromatic heterocycles. The third-order valence-corrected chi connectivity index (χ3v) is 8.45. The lowest BCUT2D eigenvalue weighted by Crippen LogP contribution is -2.48. The Balaban J connectivity index is 1.37. The van der Waals surface area contributed by atoms with Crippen molar-refractivity contribution >= 4 is 29.1 Å². The zero-order chi connectivity index (χ0) is 29.5. The molecule has 3 aromatic carbocycles. The number of benzene rings is 3. The summed E-state index contributed by atoms with van der Waals surface area (Å²) in [6, 6.07) is 22.7. The summed E-state index contributed by atoms with van der Waals surface area (Å²) in [6.45, 7) is 9.65. The zero-order valence-electron chi connectivity index (χ0n) is 25.0. The molecule has 1 atom stereocenters. The summed E-state index contributed by atoms with van der Waals surface area (Å²) in [6.07, 6.45) is 2.99. The number of aryl methyl sites for hydroxylation is 2. The predicted molar refractivity (Wildman–Crippen MR) is 169 cm³/mol. The number of anilines is 1. The van der Waals surface area contributed by atoms with Crippen LogP contribution in [-0.2, 0) is 6.54 Å². The average molecular weight is 575 g/mol. The Morgan fingerprint density at radius 3 is 2.22 bits per heavy atom. The SMILES string of the molecule is Cc1cccc(C)c1C(=O)NCCC(C)N1CCC(N(Cc2cccc(Cl)c2)c2ccc(C(=O)N(C)C)cc2)CC1. The second-order valence-electron chi connectivity index (χ2n) is 11.4. The summed E-state index contributed by atoms with van der Waals surface area (Å²) in [5.41, 5.74) is 5.79. The van der Waals surface area contributed by atoms with Gasteiger partial charge in [0.15, 0.2) is 0 Å². The molecule has 6 nitrogen and oxygen atoms in total. The Labute approximate surface area is 250 Å². The first-order chi connectivity index (χ1) is 19.6. The minimum absolute atomic E-state index is 0.00506. The summed E-state index contributed by atoms with van der Waals surface area (Å²) < 4.78 is 0. The summed E-state index contributed by atoms with van der Waals surface area (Å²) in [5, 5.41) is 3.88. The van der Waals surface area contributed by atoms with Gasteiger partial charge in [-0.15, -0.1) is 0 Å². The molecule has 3 aromatic rings. The Morgan fingerprint density at radius 1 is 0.976 bits per heavy atom. The number of likely N-dealkylation sites (tertiary alicyclic amines) is 1. The van der Waals surface area contributed by atoms with Gasteiger partial charge in [-0.3, -0.25) is 9.59 Å². The fourth-order valence-electron chi connectivity index (χ4n) is 5.79. The molecule has 41 heavy (non-hydrogen) atoms. The summed E-state index contributed by atoms with van der Waals surface area (Å²) in [4.78, 5) is 31.8. The van der Waals surface area contributed by atoms with Crippen LogP contribution in [0.1, 0.15) is 63.6 Å². The van der Waals surface area contributed by atoms with Gasteiger partial charge in [0.2, 0.25) is 0 Å². The van der Waals surface area contributed by atoms with Crippen molar-refractivity contribution in [1.82, 2.24) is 15.1 Å². The van der Waals surface area contributed by atoms with Crippen LogP contribution in [0.25, 0.3) is 0 Å². The minimum Gasteiger partial charge on any atom is -0.364 e. The van der Waals surface area contributed by atoms with E-state index in [2.05, 4.69) is 40.2 Å². The van der Waals surface area contributed by atoms with Crippen molar-refractivity contribution in [3.63, 3.8) is 0 Å². The molecular weight excluding hydrogens is 532 g/mol. The number of carbonyl (C=O) groups excluding carboxylic acids is 2. The standard InChI is InChI=1S/C34H43ClN4O2/c1-24-8-6-9-25(2)32(24)33(40)36-19-16-26(3)38-20-17-31(18-21-38)39(23-27-10-7-11-29(35)22-27)30-14-12-28(13-15-30)34(41)37(4)5/h6-15,22,26,31H,16-21,23H2,1-5H3,(H,36,40). The number of hydrogen-bond donors (Lipinski definition) is 1. The van der Waals surface area contributed by atoms with E-state index in [-0.39, 0.29) is 11.8 Å². The first kappa shape index (κ1) is 30.6. The third kappa shape index (κ3) is 7.90. The molecule has 7 heteroatoms. The van der Waals surface area contributed by atoms with E-state index in [0.29, 0.717) is 24.2 Å². The topological polar surface area (TPSA) is 55.9 Å². The van der Waals surface area contributed by atoms with Crippen molar-refractivity contribution in [1.29, 1.82) is 0 Å². The van der Waals surface area contributed by atoms with Gasteiger partial charge < -0.3 is 20.0 Å². The number of nitrogens with one attached hydrogen (secondary N) is 1. The van der Waals surface area contributed by atoms with Crippen LogP contribution < -0.4 is 10.2 Å². The second-order valence-corrected chi connectivity index (χ2v) is 11.9. The molecule has 1 saturated heterocycles. The Hall–Kier alpha value is -3.35. The molecule has 1 N–H and O–H groups in total. The van der Waals surface area contributed by atoms with Crippen molar-refractivity contribution < 1.29 is 9.59 Å². The molecule has 1 unspecified atom stereocenters. The largest absolute Gasteiger partial charge is 0.364 e. The van der Waals surface area contributed by atoms with Crippen LogP contribution in [0.3, 0.4) is 0 Å². The van der Waals surface area contributed by atoms with Crippen molar-refractivity contribution in [3.05, 3.63) is 99.6 Å². The lowest BCUT2D eigenvalue weighted by molar-refractivity contribution is 0.0827. The Morgan fingerprint density at radius 2 is 1.61 bits per heavy atom. The summed E-state index contributed by atoms with van der Waals surface area (Å²) in [7, 11) is 3.55. The normalized spacial score (nSPS) is 14.9. The quantitative estimate of drug-likeness (QED) is 0.307. The van der Waals surface area contributed by atoms with Crippen molar-refractivity contribution in [3.8, 4) is 0 Å². The molecular formula is C34H43ClN4O2. The van der Waals surface area contributed by atoms with Gasteiger partial charge in [-0.1, -0.05) is 41.9 Å². The minimum atomic E-state index is 0.00506. The predicted octanol–water partition coefficient (Wildman–Crippen LogP) is 6.34. The number of carbonyl (C=O) groups is 2. The van der Waals surface area contributed by atoms with Gasteiger partial charge in [-0.05, 0) is 93.1 Å². The third-order valence-electron chi connectivity index (χ3n) is 8.21. The van der Waals surface area contributed by atoms with Gasteiger partial charge in [0.05, 0.1) is 0 Å². The zero-order valence-corrected chi connectivity index (χ0v) is 25.7. The maximum atomic E-state index is 12.8. The monoisotopic (exact) mass is 574 g/mol. The number of rotatable bonds is 10. The van der Waals surface area contributed by atoms with E-state index in [9.17, 15) is 9.59 Å². The maximum absolute atomic E-state index is 12.8. The second kappa shape index (κ2) is 14.0. The van der Waals surface area contributed by atoms with Crippen molar-refractivity contribution in [2.75, 3.05) is 38.6 Å². The maximum Gasteiger partial charge on any atom is 0.253 e. The first-order valence-corrected chi connectivity index (χ1v) is 14.9. The Kier molecular flexibility index (Phi) is 10.5. The number of nitrogens with zero attached hydrogens (tertiary/aromatic N) is 3. The van der Waals surface area contributed by atoms with Gasteiger partial charge in [0.1, 0.15) is 0 Å². The molecule has 1 aliphatic heterocycles. The van der Waals surface area contributed by atoms with E-state index in [4.69, 9.17) is 11.6 Å². The molecule has 2 amide bonds. The van der Waals surface area contributed by atoms with Gasteiger partial charge in [-0.25, -0.2) is 0 Å². The fourth-order valence-corrected chi connectivity index (χ4v) is 6.01. The lowest BCUT2D eigenvalue weighted by atomic mass is 9.99. The van der Waals surface area contributed by atoms with E-state index in [0.717, 1.165) is 66.3 Å². The van der Waals surface area contributed by atoms with Crippen molar-refractivity contribution in [2.45, 2.75) is 58.7 Å². The molecule has 4 rings (SSSR count). The number of hydrogen-bond acceptors (Lipinski definition) is 4. The highest BCUT2D eigenvalue weighted by atomic mass is 35.5. The average Bonchev–Trinajstić information content (AvgIpc) is 2.95. The van der Waals surface area contributed by atoms with E-state index in [1.807, 2.05) is 62.4 Å². The van der Waals surface area contributed by atoms with E-state index in [1.165, 1.54) is 5.56 Å². The molecule has 0 bridgehead atoms. The van der Waals surface area contributed by atoms with Crippen LogP contribution in [0, 0.1) is 13.8 Å². The highest BCUT2D eigenvalue weighted by molar-refractivity contribution is 6.30. The molecule has 0 aliphatic carbocycles. The van der Waals surface area contributed by atoms with Gasteiger partial charge >= 0.3 is 0 Å². The highest BCUT2D eigenvalue weighted by Crippen LogP contribution is 2.28. The van der Waals surface area contributed by atoms with Crippen LogP contribution in [0.4, 0.5) is 5.69 Å². The smallest absolute Gasteiger partial charge is 0.253 e. The number of halogens is 1. The Bertz CT molecular complexity index is 1310. The van der Waals surface area contributed by atoms with Crippen LogP contribution in [-0.4, -0.2) is 67.4 Å². The summed E-state index contributed by atoms with van der Waals surface area (Å²) >= 11 is 6.32. The number of piperidine rings is 1.